The third kappa shape index (κ3) is 4.60. The second-order valence-electron chi connectivity index (χ2n) is 8.79. The van der Waals surface area contributed by atoms with E-state index in [1.807, 2.05) is 75.5 Å². The molecule has 2 amide bonds. The van der Waals surface area contributed by atoms with Crippen LogP contribution in [-0.4, -0.2) is 45.5 Å². The number of hydrogen-bond donors (Lipinski definition) is 1. The van der Waals surface area contributed by atoms with Crippen LogP contribution in [0.3, 0.4) is 0 Å². The van der Waals surface area contributed by atoms with Crippen molar-refractivity contribution in [3.63, 3.8) is 0 Å². The first-order valence-corrected chi connectivity index (χ1v) is 11.3. The average Bonchev–Trinajstić information content (AvgIpc) is 3.60. The van der Waals surface area contributed by atoms with E-state index in [0.29, 0.717) is 30.2 Å². The van der Waals surface area contributed by atoms with Crippen LogP contribution in [0.15, 0.2) is 54.6 Å². The third-order valence-electron chi connectivity index (χ3n) is 6.15. The molecule has 0 bridgehead atoms. The molecular formula is C25H28N6O2. The SMILES string of the molecule is Cc1nc(N[C@@H](C)c2ccc(Oc3ccccc3)cc2)nc(N2C(=O)N(C)CC2C2CC2)n1. The van der Waals surface area contributed by atoms with Gasteiger partial charge in [-0.3, -0.25) is 4.90 Å². The van der Waals surface area contributed by atoms with Gasteiger partial charge in [0.1, 0.15) is 17.3 Å². The highest BCUT2D eigenvalue weighted by Gasteiger charge is 2.46. The predicted molar refractivity (Wildman–Crippen MR) is 127 cm³/mol. The van der Waals surface area contributed by atoms with Crippen molar-refractivity contribution in [2.45, 2.75) is 38.8 Å². The minimum absolute atomic E-state index is 0.0402. The number of nitrogens with zero attached hydrogens (tertiary/aromatic N) is 5. The second-order valence-corrected chi connectivity index (χ2v) is 8.79. The summed E-state index contributed by atoms with van der Waals surface area (Å²) in [7, 11) is 1.83. The largest absolute Gasteiger partial charge is 0.457 e. The van der Waals surface area contributed by atoms with E-state index in [1.165, 1.54) is 0 Å². The molecule has 1 saturated heterocycles. The van der Waals surface area contributed by atoms with Crippen LogP contribution in [0.25, 0.3) is 0 Å². The Kier molecular flexibility index (Phi) is 5.58. The fraction of sp³-hybridized carbons (Fsp3) is 0.360. The molecular weight excluding hydrogens is 416 g/mol. The first-order valence-electron chi connectivity index (χ1n) is 11.3. The maximum atomic E-state index is 12.8. The summed E-state index contributed by atoms with van der Waals surface area (Å²) in [5.41, 5.74) is 1.07. The van der Waals surface area contributed by atoms with E-state index in [-0.39, 0.29) is 18.1 Å². The molecule has 0 spiro atoms. The number of aromatic nitrogens is 3. The van der Waals surface area contributed by atoms with Crippen molar-refractivity contribution in [3.8, 4) is 11.5 Å². The quantitative estimate of drug-likeness (QED) is 0.564. The molecule has 2 fully saturated rings. The van der Waals surface area contributed by atoms with Crippen molar-refractivity contribution in [2.75, 3.05) is 23.8 Å². The Morgan fingerprint density at radius 1 is 1.00 bits per heavy atom. The summed E-state index contributed by atoms with van der Waals surface area (Å²) in [5, 5.41) is 3.36. The number of ether oxygens (including phenoxy) is 1. The lowest BCUT2D eigenvalue weighted by atomic mass is 10.1. The lowest BCUT2D eigenvalue weighted by Gasteiger charge is -2.22. The molecule has 1 aliphatic carbocycles. The van der Waals surface area contributed by atoms with Gasteiger partial charge in [0.2, 0.25) is 11.9 Å². The summed E-state index contributed by atoms with van der Waals surface area (Å²) in [4.78, 5) is 29.9. The number of rotatable bonds is 7. The molecule has 170 valence electrons. The summed E-state index contributed by atoms with van der Waals surface area (Å²) in [6.07, 6.45) is 2.30. The molecule has 1 aromatic heterocycles. The van der Waals surface area contributed by atoms with Crippen LogP contribution in [0.2, 0.25) is 0 Å². The Bertz CT molecular complexity index is 1130. The van der Waals surface area contributed by atoms with Gasteiger partial charge < -0.3 is 15.0 Å². The normalized spacial score (nSPS) is 19.0. The molecule has 2 aromatic carbocycles. The third-order valence-corrected chi connectivity index (χ3v) is 6.15. The minimum Gasteiger partial charge on any atom is -0.457 e. The van der Waals surface area contributed by atoms with Crippen LogP contribution in [0.5, 0.6) is 11.5 Å². The average molecular weight is 445 g/mol. The van der Waals surface area contributed by atoms with E-state index in [9.17, 15) is 4.79 Å². The molecule has 2 atom stereocenters. The molecule has 1 unspecified atom stereocenters. The zero-order valence-corrected chi connectivity index (χ0v) is 19.1. The monoisotopic (exact) mass is 444 g/mol. The van der Waals surface area contributed by atoms with Crippen molar-refractivity contribution in [1.29, 1.82) is 0 Å². The van der Waals surface area contributed by atoms with Crippen molar-refractivity contribution < 1.29 is 9.53 Å². The Morgan fingerprint density at radius 3 is 2.39 bits per heavy atom. The molecule has 3 aromatic rings. The first kappa shape index (κ1) is 21.2. The number of aryl methyl sites for hydroxylation is 1. The smallest absolute Gasteiger partial charge is 0.327 e. The van der Waals surface area contributed by atoms with Crippen molar-refractivity contribution >= 4 is 17.9 Å². The van der Waals surface area contributed by atoms with Crippen molar-refractivity contribution in [2.24, 2.45) is 5.92 Å². The first-order chi connectivity index (χ1) is 16.0. The van der Waals surface area contributed by atoms with E-state index in [0.717, 1.165) is 29.9 Å². The van der Waals surface area contributed by atoms with E-state index in [4.69, 9.17) is 4.74 Å². The predicted octanol–water partition coefficient (Wildman–Crippen LogP) is 4.80. The Labute approximate surface area is 193 Å². The van der Waals surface area contributed by atoms with Crippen LogP contribution in [0.4, 0.5) is 16.7 Å². The Morgan fingerprint density at radius 2 is 1.70 bits per heavy atom. The van der Waals surface area contributed by atoms with Gasteiger partial charge in [-0.15, -0.1) is 0 Å². The Hall–Kier alpha value is -3.68. The second kappa shape index (κ2) is 8.69. The molecule has 2 heterocycles. The lowest BCUT2D eigenvalue weighted by Crippen LogP contribution is -2.37. The molecule has 1 N–H and O–H groups in total. The fourth-order valence-corrected chi connectivity index (χ4v) is 4.21. The number of benzene rings is 2. The van der Waals surface area contributed by atoms with Crippen LogP contribution in [-0.2, 0) is 0 Å². The number of para-hydroxylation sites is 1. The summed E-state index contributed by atoms with van der Waals surface area (Å²) >= 11 is 0. The number of hydrogen-bond acceptors (Lipinski definition) is 6. The van der Waals surface area contributed by atoms with Crippen molar-refractivity contribution in [1.82, 2.24) is 19.9 Å². The van der Waals surface area contributed by atoms with Crippen LogP contribution in [0, 0.1) is 12.8 Å². The molecule has 1 aliphatic heterocycles. The standard InChI is InChI=1S/C25H28N6O2/c1-16(18-11-13-21(14-12-18)33-20-7-5-4-6-8-20)26-23-27-17(2)28-24(29-23)31-22(19-9-10-19)15-30(3)25(31)32/h4-8,11-14,16,19,22H,9-10,15H2,1-3H3,(H,26,27,28,29)/t16-,22?/m0/s1. The van der Waals surface area contributed by atoms with Crippen LogP contribution >= 0.6 is 0 Å². The van der Waals surface area contributed by atoms with Gasteiger partial charge in [-0.25, -0.2) is 4.79 Å². The number of anilines is 2. The molecule has 5 rings (SSSR count). The van der Waals surface area contributed by atoms with Gasteiger partial charge in [-0.05, 0) is 62.4 Å². The van der Waals surface area contributed by atoms with E-state index in [2.05, 4.69) is 20.3 Å². The molecule has 8 heteroatoms. The molecule has 2 aliphatic rings. The summed E-state index contributed by atoms with van der Waals surface area (Å²) in [6.45, 7) is 4.59. The number of urea groups is 1. The highest BCUT2D eigenvalue weighted by Crippen LogP contribution is 2.39. The fourth-order valence-electron chi connectivity index (χ4n) is 4.21. The van der Waals surface area contributed by atoms with E-state index in [1.54, 1.807) is 9.80 Å². The maximum Gasteiger partial charge on any atom is 0.327 e. The van der Waals surface area contributed by atoms with Crippen LogP contribution in [0.1, 0.15) is 37.2 Å². The highest BCUT2D eigenvalue weighted by atomic mass is 16.5. The van der Waals surface area contributed by atoms with Gasteiger partial charge >= 0.3 is 6.03 Å². The number of amides is 2. The summed E-state index contributed by atoms with van der Waals surface area (Å²) in [6, 6.07) is 17.7. The van der Waals surface area contributed by atoms with E-state index < -0.39 is 0 Å². The molecule has 8 nitrogen and oxygen atoms in total. The van der Waals surface area contributed by atoms with Gasteiger partial charge in [0.25, 0.3) is 0 Å². The zero-order chi connectivity index (χ0) is 22.9. The van der Waals surface area contributed by atoms with Gasteiger partial charge in [0, 0.05) is 13.6 Å². The van der Waals surface area contributed by atoms with Gasteiger partial charge in [-0.2, -0.15) is 15.0 Å². The maximum absolute atomic E-state index is 12.8. The zero-order valence-electron chi connectivity index (χ0n) is 19.1. The summed E-state index contributed by atoms with van der Waals surface area (Å²) in [5.74, 6) is 3.58. The van der Waals surface area contributed by atoms with Gasteiger partial charge in [0.05, 0.1) is 12.1 Å². The van der Waals surface area contributed by atoms with Gasteiger partial charge in [0.15, 0.2) is 0 Å². The van der Waals surface area contributed by atoms with Crippen molar-refractivity contribution in [3.05, 3.63) is 66.0 Å². The minimum atomic E-state index is -0.0505. The molecule has 0 radical (unpaired) electrons. The van der Waals surface area contributed by atoms with E-state index >= 15 is 0 Å². The van der Waals surface area contributed by atoms with Gasteiger partial charge in [-0.1, -0.05) is 30.3 Å². The highest BCUT2D eigenvalue weighted by molar-refractivity contribution is 5.93. The number of nitrogens with one attached hydrogen (secondary N) is 1. The lowest BCUT2D eigenvalue weighted by molar-refractivity contribution is 0.229. The number of likely N-dealkylation sites (N-methyl/N-ethyl adjacent to an activating group) is 1. The summed E-state index contributed by atoms with van der Waals surface area (Å²) < 4.78 is 5.88. The molecule has 33 heavy (non-hydrogen) atoms. The topological polar surface area (TPSA) is 83.5 Å². The number of carbonyl (C=O) groups is 1. The molecule has 1 saturated carbocycles. The number of carbonyl (C=O) groups excluding carboxylic acids is 1. The Balaban J connectivity index is 1.31. The van der Waals surface area contributed by atoms with Crippen LogP contribution < -0.4 is 15.0 Å².